The van der Waals surface area contributed by atoms with Crippen molar-refractivity contribution in [3.8, 4) is 5.75 Å². The van der Waals surface area contributed by atoms with Gasteiger partial charge in [-0.15, -0.1) is 0 Å². The largest absolute Gasteiger partial charge is 0.507 e. The fraction of sp³-hybridized carbons (Fsp3) is 0.462. The van der Waals surface area contributed by atoms with Crippen molar-refractivity contribution in [1.29, 1.82) is 0 Å². The van der Waals surface area contributed by atoms with Gasteiger partial charge in [0.1, 0.15) is 5.75 Å². The third-order valence-corrected chi connectivity index (χ3v) is 3.18. The number of phenolic OH excluding ortho intramolecular Hbond substituents is 1. The number of para-hydroxylation sites is 1. The van der Waals surface area contributed by atoms with Gasteiger partial charge in [-0.05, 0) is 32.4 Å². The molecule has 0 radical (unpaired) electrons. The van der Waals surface area contributed by atoms with Crippen molar-refractivity contribution in [2.24, 2.45) is 5.73 Å². The Morgan fingerprint density at radius 1 is 1.47 bits per heavy atom. The number of benzene rings is 1. The van der Waals surface area contributed by atoms with E-state index < -0.39 is 5.54 Å². The molecule has 0 aliphatic carbocycles. The van der Waals surface area contributed by atoms with E-state index in [-0.39, 0.29) is 11.7 Å². The van der Waals surface area contributed by atoms with Gasteiger partial charge in [-0.1, -0.05) is 12.1 Å². The van der Waals surface area contributed by atoms with E-state index in [0.29, 0.717) is 17.7 Å². The number of hydrogen-bond acceptors (Lipinski definition) is 3. The molecule has 1 rings (SSSR count). The summed E-state index contributed by atoms with van der Waals surface area (Å²) in [5, 5.41) is 9.88. The van der Waals surface area contributed by atoms with Crippen molar-refractivity contribution in [1.82, 2.24) is 4.90 Å². The lowest BCUT2D eigenvalue weighted by Crippen LogP contribution is -2.50. The van der Waals surface area contributed by atoms with Gasteiger partial charge >= 0.3 is 0 Å². The van der Waals surface area contributed by atoms with Gasteiger partial charge in [0.25, 0.3) is 5.91 Å². The molecule has 4 nitrogen and oxygen atoms in total. The molecule has 0 aliphatic heterocycles. The number of aromatic hydroxyl groups is 1. The van der Waals surface area contributed by atoms with Crippen LogP contribution in [0.5, 0.6) is 5.75 Å². The molecular weight excluding hydrogens is 216 g/mol. The summed E-state index contributed by atoms with van der Waals surface area (Å²) in [5.74, 6) is -0.182. The maximum Gasteiger partial charge on any atom is 0.257 e. The fourth-order valence-electron chi connectivity index (χ4n) is 1.42. The van der Waals surface area contributed by atoms with Crippen LogP contribution >= 0.6 is 0 Å². The maximum atomic E-state index is 12.2. The van der Waals surface area contributed by atoms with Crippen LogP contribution in [0.3, 0.4) is 0 Å². The molecule has 0 atom stereocenters. The number of nitrogens with two attached hydrogens (primary N) is 1. The number of carbonyl (C=O) groups is 1. The molecule has 1 amide bonds. The molecule has 0 aromatic heterocycles. The van der Waals surface area contributed by atoms with Gasteiger partial charge in [0.15, 0.2) is 0 Å². The highest BCUT2D eigenvalue weighted by Gasteiger charge is 2.28. The number of carbonyl (C=O) groups excluding carboxylic acids is 1. The van der Waals surface area contributed by atoms with Crippen LogP contribution in [0.25, 0.3) is 0 Å². The second-order valence-electron chi connectivity index (χ2n) is 4.85. The van der Waals surface area contributed by atoms with Crippen molar-refractivity contribution in [2.45, 2.75) is 26.3 Å². The Morgan fingerprint density at radius 3 is 2.59 bits per heavy atom. The molecule has 0 aliphatic rings. The van der Waals surface area contributed by atoms with E-state index in [1.807, 2.05) is 13.8 Å². The van der Waals surface area contributed by atoms with Crippen LogP contribution in [0.15, 0.2) is 18.2 Å². The lowest BCUT2D eigenvalue weighted by Gasteiger charge is -2.34. The summed E-state index contributed by atoms with van der Waals surface area (Å²) in [6.07, 6.45) is 0. The molecule has 17 heavy (non-hydrogen) atoms. The molecule has 0 spiro atoms. The van der Waals surface area contributed by atoms with Crippen molar-refractivity contribution in [3.63, 3.8) is 0 Å². The van der Waals surface area contributed by atoms with E-state index in [0.717, 1.165) is 0 Å². The van der Waals surface area contributed by atoms with Gasteiger partial charge in [-0.25, -0.2) is 0 Å². The number of amides is 1. The average Bonchev–Trinajstić information content (AvgIpc) is 2.30. The Bertz CT molecular complexity index is 427. The van der Waals surface area contributed by atoms with Gasteiger partial charge in [-0.2, -0.15) is 0 Å². The lowest BCUT2D eigenvalue weighted by molar-refractivity contribution is 0.0637. The highest BCUT2D eigenvalue weighted by molar-refractivity contribution is 5.97. The van der Waals surface area contributed by atoms with E-state index in [1.54, 1.807) is 37.1 Å². The van der Waals surface area contributed by atoms with E-state index >= 15 is 0 Å². The van der Waals surface area contributed by atoms with Crippen LogP contribution in [0.1, 0.15) is 29.8 Å². The summed E-state index contributed by atoms with van der Waals surface area (Å²) in [5.41, 5.74) is 6.20. The Balaban J connectivity index is 3.09. The molecule has 0 saturated carbocycles. The first kappa shape index (κ1) is 13.5. The molecule has 1 aromatic carbocycles. The Morgan fingerprint density at radius 2 is 2.06 bits per heavy atom. The number of likely N-dealkylation sites (N-methyl/N-ethyl adjacent to an activating group) is 1. The molecule has 1 aromatic rings. The second kappa shape index (κ2) is 4.75. The standard InChI is InChI=1S/C13H20N2O2/c1-9-6-5-7-10(11(9)16)12(17)15(4)13(2,3)8-14/h5-7,16H,8,14H2,1-4H3. The fourth-order valence-corrected chi connectivity index (χ4v) is 1.42. The molecule has 0 bridgehead atoms. The molecule has 4 heteroatoms. The zero-order valence-corrected chi connectivity index (χ0v) is 10.8. The van der Waals surface area contributed by atoms with Gasteiger partial charge in [-0.3, -0.25) is 4.79 Å². The number of rotatable bonds is 3. The Labute approximate surface area is 102 Å². The zero-order chi connectivity index (χ0) is 13.2. The van der Waals surface area contributed by atoms with Crippen LogP contribution in [-0.2, 0) is 0 Å². The van der Waals surface area contributed by atoms with Crippen LogP contribution in [0.4, 0.5) is 0 Å². The van der Waals surface area contributed by atoms with E-state index in [1.165, 1.54) is 0 Å². The second-order valence-corrected chi connectivity index (χ2v) is 4.85. The molecular formula is C13H20N2O2. The van der Waals surface area contributed by atoms with Crippen molar-refractivity contribution in [3.05, 3.63) is 29.3 Å². The number of aryl methyl sites for hydroxylation is 1. The molecule has 0 heterocycles. The first-order valence-electron chi connectivity index (χ1n) is 5.58. The van der Waals surface area contributed by atoms with Crippen molar-refractivity contribution in [2.75, 3.05) is 13.6 Å². The predicted molar refractivity (Wildman–Crippen MR) is 68.1 cm³/mol. The van der Waals surface area contributed by atoms with E-state index in [9.17, 15) is 9.90 Å². The summed E-state index contributed by atoms with van der Waals surface area (Å²) >= 11 is 0. The first-order chi connectivity index (χ1) is 7.81. The van der Waals surface area contributed by atoms with Crippen molar-refractivity contribution < 1.29 is 9.90 Å². The van der Waals surface area contributed by atoms with Gasteiger partial charge in [0, 0.05) is 19.1 Å². The summed E-state index contributed by atoms with van der Waals surface area (Å²) in [4.78, 5) is 13.8. The highest BCUT2D eigenvalue weighted by Crippen LogP contribution is 2.24. The van der Waals surface area contributed by atoms with Gasteiger partial charge < -0.3 is 15.7 Å². The quantitative estimate of drug-likeness (QED) is 0.836. The van der Waals surface area contributed by atoms with Crippen molar-refractivity contribution >= 4 is 5.91 Å². The van der Waals surface area contributed by atoms with Gasteiger partial charge in [0.05, 0.1) is 5.56 Å². The minimum absolute atomic E-state index is 0.0390. The average molecular weight is 236 g/mol. The van der Waals surface area contributed by atoms with Gasteiger partial charge in [0.2, 0.25) is 0 Å². The van der Waals surface area contributed by atoms with E-state index in [4.69, 9.17) is 5.73 Å². The summed E-state index contributed by atoms with van der Waals surface area (Å²) in [6.45, 7) is 5.90. The Kier molecular flexibility index (Phi) is 3.78. The van der Waals surface area contributed by atoms with Crippen LogP contribution < -0.4 is 5.73 Å². The topological polar surface area (TPSA) is 66.6 Å². The molecule has 0 fully saturated rings. The normalized spacial score (nSPS) is 11.4. The number of hydrogen-bond donors (Lipinski definition) is 2. The minimum atomic E-state index is -0.437. The Hall–Kier alpha value is -1.55. The number of nitrogens with zero attached hydrogens (tertiary/aromatic N) is 1. The smallest absolute Gasteiger partial charge is 0.257 e. The number of phenols is 1. The molecule has 3 N–H and O–H groups in total. The molecule has 0 saturated heterocycles. The maximum absolute atomic E-state index is 12.2. The van der Waals surface area contributed by atoms with Crippen LogP contribution in [-0.4, -0.2) is 35.0 Å². The highest BCUT2D eigenvalue weighted by atomic mass is 16.3. The summed E-state index contributed by atoms with van der Waals surface area (Å²) in [6, 6.07) is 5.14. The zero-order valence-electron chi connectivity index (χ0n) is 10.8. The molecule has 94 valence electrons. The monoisotopic (exact) mass is 236 g/mol. The minimum Gasteiger partial charge on any atom is -0.507 e. The summed E-state index contributed by atoms with van der Waals surface area (Å²) in [7, 11) is 1.69. The van der Waals surface area contributed by atoms with Crippen LogP contribution in [0.2, 0.25) is 0 Å². The lowest BCUT2D eigenvalue weighted by atomic mass is 10.0. The first-order valence-corrected chi connectivity index (χ1v) is 5.58. The molecule has 0 unspecified atom stereocenters. The third kappa shape index (κ3) is 2.58. The third-order valence-electron chi connectivity index (χ3n) is 3.18. The SMILES string of the molecule is Cc1cccc(C(=O)N(C)C(C)(C)CN)c1O. The van der Waals surface area contributed by atoms with E-state index in [2.05, 4.69) is 0 Å². The predicted octanol–water partition coefficient (Wildman–Crippen LogP) is 1.51. The van der Waals surface area contributed by atoms with Crippen LogP contribution in [0, 0.1) is 6.92 Å². The summed E-state index contributed by atoms with van der Waals surface area (Å²) < 4.78 is 0.